The largest absolute Gasteiger partial charge is 0.459 e. The molecular formula is C14H27FO2Si. The van der Waals surface area contributed by atoms with Crippen molar-refractivity contribution in [2.24, 2.45) is 0 Å². The Balaban J connectivity index is 2.95. The molecule has 1 aliphatic rings. The third-order valence-electron chi connectivity index (χ3n) is 4.83. The van der Waals surface area contributed by atoms with E-state index < -0.39 is 20.3 Å². The van der Waals surface area contributed by atoms with Crippen molar-refractivity contribution in [2.45, 2.75) is 82.9 Å². The Morgan fingerprint density at radius 2 is 1.61 bits per heavy atom. The van der Waals surface area contributed by atoms with Crippen LogP contribution in [0.5, 0.6) is 0 Å². The maximum atomic E-state index is 13.8. The molecule has 0 N–H and O–H groups in total. The van der Waals surface area contributed by atoms with Gasteiger partial charge in [0.15, 0.2) is 0 Å². The monoisotopic (exact) mass is 274 g/mol. The van der Waals surface area contributed by atoms with Crippen LogP contribution in [0.15, 0.2) is 0 Å². The van der Waals surface area contributed by atoms with E-state index in [0.29, 0.717) is 16.6 Å². The molecule has 0 unspecified atom stereocenters. The number of hydrogen-bond acceptors (Lipinski definition) is 2. The van der Waals surface area contributed by atoms with Gasteiger partial charge < -0.3 is 4.74 Å². The van der Waals surface area contributed by atoms with Gasteiger partial charge in [-0.2, -0.15) is 0 Å². The second kappa shape index (κ2) is 5.72. The van der Waals surface area contributed by atoms with E-state index >= 15 is 0 Å². The molecule has 0 bridgehead atoms. The van der Waals surface area contributed by atoms with Crippen molar-refractivity contribution in [2.75, 3.05) is 0 Å². The van der Waals surface area contributed by atoms with E-state index in [9.17, 15) is 9.18 Å². The van der Waals surface area contributed by atoms with Crippen LogP contribution in [0.25, 0.3) is 0 Å². The van der Waals surface area contributed by atoms with E-state index in [1.165, 1.54) is 0 Å². The fraction of sp³-hybridized carbons (Fsp3) is 0.929. The molecule has 0 radical (unpaired) electrons. The molecule has 1 saturated heterocycles. The molecule has 1 aliphatic heterocycles. The van der Waals surface area contributed by atoms with Crippen LogP contribution in [-0.2, 0) is 9.53 Å². The van der Waals surface area contributed by atoms with Crippen LogP contribution in [0.3, 0.4) is 0 Å². The second-order valence-electron chi connectivity index (χ2n) is 6.53. The lowest BCUT2D eigenvalue weighted by molar-refractivity contribution is -0.141. The molecule has 106 valence electrons. The SMILES string of the molecule is CC(C)[Si](C[C@H]1OC(=O)C[C@H]1F)(C(C)C)C(C)C. The van der Waals surface area contributed by atoms with Gasteiger partial charge in [-0.1, -0.05) is 58.2 Å². The minimum Gasteiger partial charge on any atom is -0.459 e. The van der Waals surface area contributed by atoms with Gasteiger partial charge in [-0.25, -0.2) is 4.39 Å². The van der Waals surface area contributed by atoms with Crippen molar-refractivity contribution in [3.8, 4) is 0 Å². The highest BCUT2D eigenvalue weighted by atomic mass is 28.3. The molecule has 18 heavy (non-hydrogen) atoms. The van der Waals surface area contributed by atoms with Crippen molar-refractivity contribution in [3.63, 3.8) is 0 Å². The third-order valence-corrected chi connectivity index (χ3v) is 12.4. The number of alkyl halides is 1. The fourth-order valence-electron chi connectivity index (χ4n) is 3.81. The second-order valence-corrected chi connectivity index (χ2v) is 12.6. The molecule has 1 fully saturated rings. The quantitative estimate of drug-likeness (QED) is 0.551. The average molecular weight is 274 g/mol. The predicted octanol–water partition coefficient (Wildman–Crippen LogP) is 4.32. The summed E-state index contributed by atoms with van der Waals surface area (Å²) < 4.78 is 19.0. The van der Waals surface area contributed by atoms with Crippen LogP contribution >= 0.6 is 0 Å². The van der Waals surface area contributed by atoms with Gasteiger partial charge in [-0.05, 0) is 6.04 Å². The number of esters is 1. The highest BCUT2D eigenvalue weighted by Crippen LogP contribution is 2.46. The van der Waals surface area contributed by atoms with Gasteiger partial charge in [-0.15, -0.1) is 0 Å². The smallest absolute Gasteiger partial charge is 0.309 e. The topological polar surface area (TPSA) is 26.3 Å². The van der Waals surface area contributed by atoms with Crippen LogP contribution < -0.4 is 0 Å². The summed E-state index contributed by atoms with van der Waals surface area (Å²) >= 11 is 0. The van der Waals surface area contributed by atoms with E-state index in [0.717, 1.165) is 6.04 Å². The van der Waals surface area contributed by atoms with Crippen LogP contribution in [0, 0.1) is 0 Å². The normalized spacial score (nSPS) is 25.3. The van der Waals surface area contributed by atoms with Crippen molar-refractivity contribution in [1.29, 1.82) is 0 Å². The molecule has 0 saturated carbocycles. The zero-order valence-corrected chi connectivity index (χ0v) is 13.5. The maximum Gasteiger partial charge on any atom is 0.309 e. The fourth-order valence-corrected chi connectivity index (χ4v) is 10.3. The Bertz CT molecular complexity index is 280. The number of carbonyl (C=O) groups is 1. The molecule has 0 aliphatic carbocycles. The molecule has 0 amide bonds. The molecule has 0 aromatic heterocycles. The van der Waals surface area contributed by atoms with Gasteiger partial charge in [0.25, 0.3) is 0 Å². The summed E-state index contributed by atoms with van der Waals surface area (Å²) in [6.45, 7) is 13.5. The van der Waals surface area contributed by atoms with E-state index in [1.807, 2.05) is 0 Å². The molecule has 0 aromatic rings. The minimum absolute atomic E-state index is 0.0522. The Labute approximate surface area is 111 Å². The van der Waals surface area contributed by atoms with E-state index in [1.54, 1.807) is 0 Å². The van der Waals surface area contributed by atoms with E-state index in [4.69, 9.17) is 4.74 Å². The first-order valence-electron chi connectivity index (χ1n) is 7.05. The zero-order valence-electron chi connectivity index (χ0n) is 12.5. The standard InChI is InChI=1S/C14H27FO2Si/c1-9(2)18(10(3)4,11(5)6)8-13-12(15)7-14(16)17-13/h9-13H,7-8H2,1-6H3/t12-,13-/m1/s1. The summed E-state index contributed by atoms with van der Waals surface area (Å²) in [7, 11) is -1.68. The molecular weight excluding hydrogens is 247 g/mol. The maximum absolute atomic E-state index is 13.8. The van der Waals surface area contributed by atoms with Gasteiger partial charge in [0.1, 0.15) is 12.3 Å². The van der Waals surface area contributed by atoms with Crippen LogP contribution in [-0.4, -0.2) is 26.3 Å². The lowest BCUT2D eigenvalue weighted by Crippen LogP contribution is -2.48. The summed E-state index contributed by atoms with van der Waals surface area (Å²) in [4.78, 5) is 11.2. The van der Waals surface area contributed by atoms with Crippen LogP contribution in [0.1, 0.15) is 48.0 Å². The van der Waals surface area contributed by atoms with Crippen molar-refractivity contribution < 1.29 is 13.9 Å². The average Bonchev–Trinajstić information content (AvgIpc) is 2.51. The van der Waals surface area contributed by atoms with Crippen molar-refractivity contribution in [3.05, 3.63) is 0 Å². The third kappa shape index (κ3) is 2.78. The first-order valence-corrected chi connectivity index (χ1v) is 9.49. The Kier molecular flexibility index (Phi) is 4.98. The molecule has 0 aromatic carbocycles. The summed E-state index contributed by atoms with van der Waals surface area (Å²) in [5.74, 6) is -0.369. The summed E-state index contributed by atoms with van der Waals surface area (Å²) in [5.41, 5.74) is 1.72. The summed E-state index contributed by atoms with van der Waals surface area (Å²) in [5, 5.41) is 0. The van der Waals surface area contributed by atoms with Gasteiger partial charge in [-0.3, -0.25) is 4.79 Å². The van der Waals surface area contributed by atoms with Crippen molar-refractivity contribution >= 4 is 14.0 Å². The van der Waals surface area contributed by atoms with Crippen molar-refractivity contribution in [1.82, 2.24) is 0 Å². The Hall–Kier alpha value is -0.383. The molecule has 4 heteroatoms. The van der Waals surface area contributed by atoms with Crippen LogP contribution in [0.4, 0.5) is 4.39 Å². The first-order chi connectivity index (χ1) is 8.21. The first kappa shape index (κ1) is 15.7. The number of ether oxygens (including phenoxy) is 1. The van der Waals surface area contributed by atoms with Gasteiger partial charge in [0, 0.05) is 0 Å². The lowest BCUT2D eigenvalue weighted by atomic mass is 10.2. The summed E-state index contributed by atoms with van der Waals surface area (Å²) in [6, 6.07) is 0.771. The van der Waals surface area contributed by atoms with Gasteiger partial charge >= 0.3 is 5.97 Å². The van der Waals surface area contributed by atoms with E-state index in [-0.39, 0.29) is 12.4 Å². The minimum atomic E-state index is -1.68. The van der Waals surface area contributed by atoms with Gasteiger partial charge in [0.05, 0.1) is 14.5 Å². The number of cyclic esters (lactones) is 1. The Morgan fingerprint density at radius 1 is 1.17 bits per heavy atom. The highest BCUT2D eigenvalue weighted by Gasteiger charge is 2.48. The number of halogens is 1. The number of carbonyl (C=O) groups excluding carboxylic acids is 1. The Morgan fingerprint density at radius 3 is 1.89 bits per heavy atom. The zero-order chi connectivity index (χ0) is 14.1. The summed E-state index contributed by atoms with van der Waals surface area (Å²) in [6.07, 6.45) is -1.64. The predicted molar refractivity (Wildman–Crippen MR) is 75.2 cm³/mol. The molecule has 0 spiro atoms. The lowest BCUT2D eigenvalue weighted by Gasteiger charge is -2.44. The molecule has 2 nitrogen and oxygen atoms in total. The number of rotatable bonds is 5. The molecule has 2 atom stereocenters. The van der Waals surface area contributed by atoms with Crippen LogP contribution in [0.2, 0.25) is 22.7 Å². The van der Waals surface area contributed by atoms with Gasteiger partial charge in [0.2, 0.25) is 0 Å². The highest BCUT2D eigenvalue weighted by molar-refractivity contribution is 6.83. The number of hydrogen-bond donors (Lipinski definition) is 0. The molecule has 1 rings (SSSR count). The molecule has 1 heterocycles. The van der Waals surface area contributed by atoms with E-state index in [2.05, 4.69) is 41.5 Å².